The van der Waals surface area contributed by atoms with Crippen molar-refractivity contribution < 1.29 is 9.84 Å². The summed E-state index contributed by atoms with van der Waals surface area (Å²) in [6, 6.07) is 31.9. The number of ether oxygens (including phenoxy) is 1. The number of aliphatic hydroxyl groups excluding tert-OH is 1. The van der Waals surface area contributed by atoms with Crippen molar-refractivity contribution in [3.8, 4) is 0 Å². The van der Waals surface area contributed by atoms with Gasteiger partial charge in [0, 0.05) is 0 Å². The van der Waals surface area contributed by atoms with Crippen LogP contribution in [0.2, 0.25) is 0 Å². The largest absolute Gasteiger partial charge is 0.394 e. The van der Waals surface area contributed by atoms with Gasteiger partial charge in [-0.25, -0.2) is 4.98 Å². The SMILES string of the molecule is OCCOCc1ncsc1/C=C\SC(c1ccccc1)(c1ccccc1)c1ccccc1. The minimum atomic E-state index is -0.390. The van der Waals surface area contributed by atoms with Crippen LogP contribution in [0.1, 0.15) is 27.3 Å². The highest BCUT2D eigenvalue weighted by molar-refractivity contribution is 8.03. The van der Waals surface area contributed by atoms with Crippen molar-refractivity contribution in [1.82, 2.24) is 4.98 Å². The predicted molar refractivity (Wildman–Crippen MR) is 135 cm³/mol. The Morgan fingerprint density at radius 3 is 1.88 bits per heavy atom. The summed E-state index contributed by atoms with van der Waals surface area (Å²) in [6.07, 6.45) is 2.11. The average Bonchev–Trinajstić information content (AvgIpc) is 3.31. The van der Waals surface area contributed by atoms with Crippen molar-refractivity contribution in [2.24, 2.45) is 0 Å². The molecule has 0 unspecified atom stereocenters. The topological polar surface area (TPSA) is 42.4 Å². The van der Waals surface area contributed by atoms with Crippen molar-refractivity contribution in [1.29, 1.82) is 0 Å². The van der Waals surface area contributed by atoms with Crippen LogP contribution in [0.15, 0.2) is 102 Å². The van der Waals surface area contributed by atoms with E-state index in [-0.39, 0.29) is 6.61 Å². The normalized spacial score (nSPS) is 11.8. The molecule has 0 saturated carbocycles. The van der Waals surface area contributed by atoms with Crippen LogP contribution >= 0.6 is 23.1 Å². The molecule has 32 heavy (non-hydrogen) atoms. The first kappa shape index (κ1) is 22.5. The second kappa shape index (κ2) is 11.2. The van der Waals surface area contributed by atoms with Gasteiger partial charge in [0.2, 0.25) is 0 Å². The van der Waals surface area contributed by atoms with Crippen molar-refractivity contribution >= 4 is 29.2 Å². The highest BCUT2D eigenvalue weighted by atomic mass is 32.2. The first-order chi connectivity index (χ1) is 15.8. The Labute approximate surface area is 197 Å². The van der Waals surface area contributed by atoms with E-state index in [0.29, 0.717) is 13.2 Å². The number of nitrogens with zero attached hydrogens (tertiary/aromatic N) is 1. The van der Waals surface area contributed by atoms with E-state index in [1.807, 2.05) is 5.51 Å². The molecule has 4 aromatic rings. The third-order valence-electron chi connectivity index (χ3n) is 5.15. The van der Waals surface area contributed by atoms with Crippen molar-refractivity contribution in [2.75, 3.05) is 13.2 Å². The van der Waals surface area contributed by atoms with Gasteiger partial charge in [0.1, 0.15) is 0 Å². The molecule has 4 rings (SSSR count). The fourth-order valence-corrected chi connectivity index (χ4v) is 5.67. The lowest BCUT2D eigenvalue weighted by Gasteiger charge is -2.34. The lowest BCUT2D eigenvalue weighted by atomic mass is 9.84. The van der Waals surface area contributed by atoms with Gasteiger partial charge in [0.05, 0.1) is 40.6 Å². The zero-order valence-corrected chi connectivity index (χ0v) is 19.3. The maximum atomic E-state index is 8.96. The van der Waals surface area contributed by atoms with E-state index in [9.17, 15) is 0 Å². The van der Waals surface area contributed by atoms with Crippen LogP contribution in [-0.2, 0) is 16.1 Å². The minimum Gasteiger partial charge on any atom is -0.394 e. The van der Waals surface area contributed by atoms with Crippen LogP contribution in [-0.4, -0.2) is 23.3 Å². The first-order valence-electron chi connectivity index (χ1n) is 10.5. The summed E-state index contributed by atoms with van der Waals surface area (Å²) < 4.78 is 5.09. The Kier molecular flexibility index (Phi) is 7.91. The van der Waals surface area contributed by atoms with Gasteiger partial charge in [-0.2, -0.15) is 0 Å². The fraction of sp³-hybridized carbons (Fsp3) is 0.148. The number of hydrogen-bond donors (Lipinski definition) is 1. The van der Waals surface area contributed by atoms with E-state index in [1.54, 1.807) is 23.1 Å². The number of benzene rings is 3. The third kappa shape index (κ3) is 5.03. The smallest absolute Gasteiger partial charge is 0.0948 e. The first-order valence-corrected chi connectivity index (χ1v) is 12.2. The second-order valence-electron chi connectivity index (χ2n) is 7.14. The molecule has 1 N–H and O–H groups in total. The van der Waals surface area contributed by atoms with Gasteiger partial charge in [-0.15, -0.1) is 23.1 Å². The van der Waals surface area contributed by atoms with E-state index < -0.39 is 4.75 Å². The number of aliphatic hydroxyl groups is 1. The zero-order valence-electron chi connectivity index (χ0n) is 17.6. The molecule has 0 atom stereocenters. The monoisotopic (exact) mass is 459 g/mol. The molecule has 1 heterocycles. The molecule has 0 bridgehead atoms. The van der Waals surface area contributed by atoms with Crippen molar-refractivity contribution in [3.63, 3.8) is 0 Å². The molecule has 0 spiro atoms. The Morgan fingerprint density at radius 2 is 1.38 bits per heavy atom. The maximum absolute atomic E-state index is 8.96. The molecule has 0 amide bonds. The Hall–Kier alpha value is -2.70. The Balaban J connectivity index is 1.74. The van der Waals surface area contributed by atoms with Gasteiger partial charge >= 0.3 is 0 Å². The van der Waals surface area contributed by atoms with Crippen LogP contribution in [0.4, 0.5) is 0 Å². The molecular weight excluding hydrogens is 434 g/mol. The number of aromatic nitrogens is 1. The van der Waals surface area contributed by atoms with Crippen LogP contribution in [0.3, 0.4) is 0 Å². The van der Waals surface area contributed by atoms with Gasteiger partial charge < -0.3 is 9.84 Å². The predicted octanol–water partition coefficient (Wildman–Crippen LogP) is 6.35. The summed E-state index contributed by atoms with van der Waals surface area (Å²) in [5, 5.41) is 11.1. The molecule has 3 nitrogen and oxygen atoms in total. The van der Waals surface area contributed by atoms with E-state index in [1.165, 1.54) is 16.7 Å². The zero-order chi connectivity index (χ0) is 22.1. The van der Waals surface area contributed by atoms with E-state index in [0.717, 1.165) is 10.6 Å². The van der Waals surface area contributed by atoms with Crippen LogP contribution < -0.4 is 0 Å². The van der Waals surface area contributed by atoms with E-state index >= 15 is 0 Å². The summed E-state index contributed by atoms with van der Waals surface area (Å²) >= 11 is 3.37. The van der Waals surface area contributed by atoms with E-state index in [2.05, 4.69) is 107 Å². The molecule has 1 aromatic heterocycles. The molecule has 0 aliphatic carbocycles. The van der Waals surface area contributed by atoms with Crippen LogP contribution in [0.25, 0.3) is 6.08 Å². The van der Waals surface area contributed by atoms with Gasteiger partial charge in [0.25, 0.3) is 0 Å². The summed E-state index contributed by atoms with van der Waals surface area (Å²) in [5.41, 5.74) is 6.40. The molecule has 0 radical (unpaired) electrons. The number of thioether (sulfide) groups is 1. The quantitative estimate of drug-likeness (QED) is 0.222. The lowest BCUT2D eigenvalue weighted by Crippen LogP contribution is -2.24. The number of hydrogen-bond acceptors (Lipinski definition) is 5. The lowest BCUT2D eigenvalue weighted by molar-refractivity contribution is 0.0799. The van der Waals surface area contributed by atoms with Crippen molar-refractivity contribution in [3.05, 3.63) is 129 Å². The molecule has 0 aliphatic rings. The van der Waals surface area contributed by atoms with Crippen molar-refractivity contribution in [2.45, 2.75) is 11.4 Å². The van der Waals surface area contributed by atoms with Gasteiger partial charge in [0.15, 0.2) is 0 Å². The molecule has 0 saturated heterocycles. The summed E-state index contributed by atoms with van der Waals surface area (Å²) in [5.74, 6) is 0. The maximum Gasteiger partial charge on any atom is 0.0948 e. The Bertz CT molecular complexity index is 1020. The standard InChI is InChI=1S/C27H25NO2S2/c29-17-18-30-20-25-26(31-21-28-25)16-19-32-27(22-10-4-1-5-11-22,23-12-6-2-7-13-23)24-14-8-3-9-15-24/h1-16,19,21,29H,17-18,20H2/b19-16-. The number of thiazole rings is 1. The highest BCUT2D eigenvalue weighted by Crippen LogP contribution is 2.49. The second-order valence-corrected chi connectivity index (χ2v) is 9.15. The molecule has 162 valence electrons. The average molecular weight is 460 g/mol. The van der Waals surface area contributed by atoms with Gasteiger partial charge in [-0.05, 0) is 28.2 Å². The highest BCUT2D eigenvalue weighted by Gasteiger charge is 2.36. The minimum absolute atomic E-state index is 0.0128. The van der Waals surface area contributed by atoms with E-state index in [4.69, 9.17) is 9.84 Å². The number of rotatable bonds is 10. The molecule has 0 fully saturated rings. The van der Waals surface area contributed by atoms with Crippen LogP contribution in [0.5, 0.6) is 0 Å². The molecule has 5 heteroatoms. The molecule has 0 aliphatic heterocycles. The third-order valence-corrected chi connectivity index (χ3v) is 7.32. The van der Waals surface area contributed by atoms with Crippen LogP contribution in [0, 0.1) is 0 Å². The van der Waals surface area contributed by atoms with Gasteiger partial charge in [-0.1, -0.05) is 91.0 Å². The summed E-state index contributed by atoms with van der Waals surface area (Å²) in [7, 11) is 0. The van der Waals surface area contributed by atoms with Gasteiger partial charge in [-0.3, -0.25) is 0 Å². The fourth-order valence-electron chi connectivity index (χ4n) is 3.68. The Morgan fingerprint density at radius 1 is 0.844 bits per heavy atom. The summed E-state index contributed by atoms with van der Waals surface area (Å²) in [6.45, 7) is 0.725. The molecular formula is C27H25NO2S2. The molecule has 3 aromatic carbocycles. The summed E-state index contributed by atoms with van der Waals surface area (Å²) in [4.78, 5) is 5.50.